The number of hydrogen-bond donors (Lipinski definition) is 1. The fraction of sp³-hybridized carbons (Fsp3) is 0.667. The van der Waals surface area contributed by atoms with E-state index in [-0.39, 0.29) is 17.7 Å². The van der Waals surface area contributed by atoms with Crippen molar-refractivity contribution in [3.05, 3.63) is 11.7 Å². The maximum Gasteiger partial charge on any atom is 0.232 e. The van der Waals surface area contributed by atoms with Gasteiger partial charge in [-0.15, -0.1) is 0 Å². The lowest BCUT2D eigenvalue weighted by Crippen LogP contribution is -2.13. The molecule has 14 heavy (non-hydrogen) atoms. The van der Waals surface area contributed by atoms with Crippen molar-refractivity contribution >= 4 is 5.91 Å². The molecule has 0 bridgehead atoms. The molecule has 1 N–H and O–H groups in total. The molecule has 1 amide bonds. The molecule has 1 aliphatic rings. The van der Waals surface area contributed by atoms with Crippen LogP contribution >= 0.6 is 0 Å². The maximum absolute atomic E-state index is 11.0. The zero-order valence-electron chi connectivity index (χ0n) is 8.28. The van der Waals surface area contributed by atoms with E-state index in [9.17, 15) is 4.79 Å². The minimum atomic E-state index is 0.0549. The molecule has 0 saturated carbocycles. The van der Waals surface area contributed by atoms with E-state index < -0.39 is 0 Å². The summed E-state index contributed by atoms with van der Waals surface area (Å²) >= 11 is 0. The van der Waals surface area contributed by atoms with Gasteiger partial charge in [-0.3, -0.25) is 4.79 Å². The van der Waals surface area contributed by atoms with E-state index in [0.717, 1.165) is 0 Å². The van der Waals surface area contributed by atoms with Gasteiger partial charge in [0, 0.05) is 18.9 Å². The van der Waals surface area contributed by atoms with E-state index in [4.69, 9.17) is 4.52 Å². The molecule has 1 unspecified atom stereocenters. The topological polar surface area (TPSA) is 68.0 Å². The smallest absolute Gasteiger partial charge is 0.232 e. The molecule has 1 aromatic heterocycles. The Balaban J connectivity index is 2.13. The fourth-order valence-corrected chi connectivity index (χ4v) is 1.43. The minimum absolute atomic E-state index is 0.0549. The van der Waals surface area contributed by atoms with Crippen molar-refractivity contribution in [1.29, 1.82) is 0 Å². The van der Waals surface area contributed by atoms with Gasteiger partial charge in [0.05, 0.1) is 5.92 Å². The first kappa shape index (κ1) is 9.18. The molecule has 5 heteroatoms. The van der Waals surface area contributed by atoms with Crippen molar-refractivity contribution < 1.29 is 9.32 Å². The molecular formula is C9H13N3O2. The third kappa shape index (κ3) is 1.62. The van der Waals surface area contributed by atoms with Gasteiger partial charge in [-0.2, -0.15) is 4.98 Å². The molecule has 0 aliphatic carbocycles. The standard InChI is InChI=1S/C9H13N3O2/c1-5(2)8-11-9(14-12-8)6-3-7(13)10-4-6/h5-6H,3-4H2,1-2H3,(H,10,13). The second kappa shape index (κ2) is 3.40. The summed E-state index contributed by atoms with van der Waals surface area (Å²) in [5.41, 5.74) is 0. The second-order valence-electron chi connectivity index (χ2n) is 3.85. The van der Waals surface area contributed by atoms with Crippen LogP contribution in [-0.4, -0.2) is 22.6 Å². The number of nitrogens with zero attached hydrogens (tertiary/aromatic N) is 2. The number of rotatable bonds is 2. The van der Waals surface area contributed by atoms with Gasteiger partial charge in [0.25, 0.3) is 0 Å². The zero-order valence-corrected chi connectivity index (χ0v) is 8.28. The number of aromatic nitrogens is 2. The van der Waals surface area contributed by atoms with E-state index in [2.05, 4.69) is 15.5 Å². The van der Waals surface area contributed by atoms with Gasteiger partial charge in [0.2, 0.25) is 11.8 Å². The lowest BCUT2D eigenvalue weighted by molar-refractivity contribution is -0.119. The van der Waals surface area contributed by atoms with E-state index in [1.54, 1.807) is 0 Å². The van der Waals surface area contributed by atoms with Crippen LogP contribution in [0.5, 0.6) is 0 Å². The van der Waals surface area contributed by atoms with Crippen molar-refractivity contribution in [2.75, 3.05) is 6.54 Å². The predicted octanol–water partition coefficient (Wildman–Crippen LogP) is 0.796. The molecule has 1 atom stereocenters. The summed E-state index contributed by atoms with van der Waals surface area (Å²) in [6, 6.07) is 0. The number of amides is 1. The number of carbonyl (C=O) groups excluding carboxylic acids is 1. The summed E-state index contributed by atoms with van der Waals surface area (Å²) < 4.78 is 5.10. The zero-order chi connectivity index (χ0) is 10.1. The molecule has 2 heterocycles. The minimum Gasteiger partial charge on any atom is -0.355 e. The Morgan fingerprint density at radius 2 is 2.36 bits per heavy atom. The van der Waals surface area contributed by atoms with Crippen LogP contribution in [-0.2, 0) is 4.79 Å². The number of carbonyl (C=O) groups is 1. The lowest BCUT2D eigenvalue weighted by atomic mass is 10.1. The monoisotopic (exact) mass is 195 g/mol. The second-order valence-corrected chi connectivity index (χ2v) is 3.85. The van der Waals surface area contributed by atoms with Crippen molar-refractivity contribution in [2.24, 2.45) is 0 Å². The van der Waals surface area contributed by atoms with Gasteiger partial charge in [-0.05, 0) is 0 Å². The summed E-state index contributed by atoms with van der Waals surface area (Å²) in [6.07, 6.45) is 0.458. The summed E-state index contributed by atoms with van der Waals surface area (Å²) in [5, 5.41) is 6.60. The highest BCUT2D eigenvalue weighted by Gasteiger charge is 2.28. The average molecular weight is 195 g/mol. The normalized spacial score (nSPS) is 21.6. The van der Waals surface area contributed by atoms with Crippen molar-refractivity contribution in [2.45, 2.75) is 32.1 Å². The molecule has 1 aromatic rings. The first-order valence-corrected chi connectivity index (χ1v) is 4.77. The molecule has 76 valence electrons. The lowest BCUT2D eigenvalue weighted by Gasteiger charge is -1.97. The van der Waals surface area contributed by atoms with Crippen molar-refractivity contribution in [3.8, 4) is 0 Å². The van der Waals surface area contributed by atoms with E-state index >= 15 is 0 Å². The quantitative estimate of drug-likeness (QED) is 0.757. The Bertz CT molecular complexity index is 346. The van der Waals surface area contributed by atoms with E-state index in [1.807, 2.05) is 13.8 Å². The Morgan fingerprint density at radius 1 is 1.57 bits per heavy atom. The Morgan fingerprint density at radius 3 is 2.86 bits per heavy atom. The van der Waals surface area contributed by atoms with Crippen LogP contribution < -0.4 is 5.32 Å². The molecule has 0 spiro atoms. The van der Waals surface area contributed by atoms with Gasteiger partial charge in [-0.1, -0.05) is 19.0 Å². The average Bonchev–Trinajstić information content (AvgIpc) is 2.70. The first-order chi connectivity index (χ1) is 6.66. The molecule has 2 rings (SSSR count). The van der Waals surface area contributed by atoms with Gasteiger partial charge in [0.15, 0.2) is 5.82 Å². The Kier molecular flexibility index (Phi) is 2.23. The van der Waals surface area contributed by atoms with Gasteiger partial charge in [0.1, 0.15) is 0 Å². The highest BCUT2D eigenvalue weighted by Crippen LogP contribution is 2.22. The van der Waals surface area contributed by atoms with Crippen LogP contribution in [0.2, 0.25) is 0 Å². The third-order valence-electron chi connectivity index (χ3n) is 2.30. The summed E-state index contributed by atoms with van der Waals surface area (Å²) in [5.74, 6) is 1.66. The first-order valence-electron chi connectivity index (χ1n) is 4.77. The van der Waals surface area contributed by atoms with Gasteiger partial charge in [-0.25, -0.2) is 0 Å². The third-order valence-corrected chi connectivity index (χ3v) is 2.30. The SMILES string of the molecule is CC(C)c1noc(C2CNC(=O)C2)n1. The maximum atomic E-state index is 11.0. The van der Waals surface area contributed by atoms with Crippen LogP contribution in [0.4, 0.5) is 0 Å². The largest absolute Gasteiger partial charge is 0.355 e. The van der Waals surface area contributed by atoms with Crippen LogP contribution in [0, 0.1) is 0 Å². The summed E-state index contributed by atoms with van der Waals surface area (Å²) in [7, 11) is 0. The van der Waals surface area contributed by atoms with Crippen LogP contribution in [0.15, 0.2) is 4.52 Å². The molecule has 1 saturated heterocycles. The van der Waals surface area contributed by atoms with Crippen LogP contribution in [0.1, 0.15) is 43.8 Å². The fourth-order valence-electron chi connectivity index (χ4n) is 1.43. The Labute approximate surface area is 81.9 Å². The molecule has 1 aliphatic heterocycles. The summed E-state index contributed by atoms with van der Waals surface area (Å²) in [6.45, 7) is 4.62. The van der Waals surface area contributed by atoms with Crippen molar-refractivity contribution in [1.82, 2.24) is 15.5 Å². The predicted molar refractivity (Wildman–Crippen MR) is 48.8 cm³/mol. The number of nitrogens with one attached hydrogen (secondary N) is 1. The van der Waals surface area contributed by atoms with E-state index in [1.165, 1.54) is 0 Å². The van der Waals surface area contributed by atoms with Gasteiger partial charge < -0.3 is 9.84 Å². The number of hydrogen-bond acceptors (Lipinski definition) is 4. The highest BCUT2D eigenvalue weighted by molar-refractivity contribution is 5.79. The Hall–Kier alpha value is -1.39. The molecular weight excluding hydrogens is 182 g/mol. The van der Waals surface area contributed by atoms with Crippen molar-refractivity contribution in [3.63, 3.8) is 0 Å². The summed E-state index contributed by atoms with van der Waals surface area (Å²) in [4.78, 5) is 15.2. The molecule has 1 fully saturated rings. The highest BCUT2D eigenvalue weighted by atomic mass is 16.5. The van der Waals surface area contributed by atoms with Gasteiger partial charge >= 0.3 is 0 Å². The van der Waals surface area contributed by atoms with Crippen LogP contribution in [0.25, 0.3) is 0 Å². The molecule has 0 radical (unpaired) electrons. The molecule has 0 aromatic carbocycles. The molecule has 5 nitrogen and oxygen atoms in total. The van der Waals surface area contributed by atoms with E-state index in [0.29, 0.717) is 24.7 Å². The van der Waals surface area contributed by atoms with Crippen LogP contribution in [0.3, 0.4) is 0 Å².